The molecule has 0 unspecified atom stereocenters. The molecule has 9 aromatic rings. The number of rotatable bonds is 3. The Bertz CT molecular complexity index is 3720. The van der Waals surface area contributed by atoms with Crippen molar-refractivity contribution < 1.29 is 35.9 Å². The van der Waals surface area contributed by atoms with E-state index in [1.54, 1.807) is 0 Å². The maximum atomic E-state index is 9.70. The third kappa shape index (κ3) is 3.79. The Morgan fingerprint density at radius 2 is 0.953 bits per heavy atom. The van der Waals surface area contributed by atoms with Crippen molar-refractivity contribution in [2.24, 2.45) is 0 Å². The van der Waals surface area contributed by atoms with Gasteiger partial charge in [0.1, 0.15) is 11.2 Å². The van der Waals surface area contributed by atoms with Crippen LogP contribution in [0.5, 0.6) is 0 Å². The number of hydrogen-bond donors (Lipinski definition) is 0. The van der Waals surface area contributed by atoms with Crippen LogP contribution in [0.15, 0.2) is 162 Å². The molecule has 1 aromatic heterocycles. The largest absolute Gasteiger partial charge is 0.456 e. The van der Waals surface area contributed by atoms with Gasteiger partial charge in [0.2, 0.25) is 0 Å². The van der Waals surface area contributed by atoms with Gasteiger partial charge >= 0.3 is 0 Å². The second-order valence-corrected chi connectivity index (χ2v) is 9.52. The Kier molecular flexibility index (Phi) is 2.32. The van der Waals surface area contributed by atoms with Crippen LogP contribution in [-0.2, 0) is 0 Å². The summed E-state index contributed by atoms with van der Waals surface area (Å²) < 4.78 is 209. The summed E-state index contributed by atoms with van der Waals surface area (Å²) in [6.45, 7) is 0. The van der Waals surface area contributed by atoms with Gasteiger partial charge in [-0.3, -0.25) is 0 Å². The van der Waals surface area contributed by atoms with Crippen LogP contribution >= 0.6 is 0 Å². The van der Waals surface area contributed by atoms with E-state index in [0.717, 1.165) is 0 Å². The molecule has 0 aliphatic rings. The van der Waals surface area contributed by atoms with Crippen LogP contribution in [0, 0.1) is 0 Å². The molecule has 0 saturated carbocycles. The maximum Gasteiger partial charge on any atom is 0.136 e. The summed E-state index contributed by atoms with van der Waals surface area (Å²) >= 11 is 0. The van der Waals surface area contributed by atoms with Crippen LogP contribution in [0.4, 0.5) is 0 Å². The molecule has 0 fully saturated rings. The average molecular weight is 570 g/mol. The van der Waals surface area contributed by atoms with E-state index in [1.807, 2.05) is 0 Å². The zero-order valence-electron chi connectivity index (χ0n) is 44.6. The van der Waals surface area contributed by atoms with Crippen molar-refractivity contribution in [1.82, 2.24) is 0 Å². The molecule has 1 nitrogen and oxygen atoms in total. The summed E-state index contributed by atoms with van der Waals surface area (Å²) in [6.07, 6.45) is 0. The molecular formula is C42H26O. The minimum Gasteiger partial charge on any atom is -0.456 e. The quantitative estimate of drug-likeness (QED) is 0.193. The first-order valence-electron chi connectivity index (χ1n) is 24.4. The highest BCUT2D eigenvalue weighted by atomic mass is 16.3. The lowest BCUT2D eigenvalue weighted by Crippen LogP contribution is -1.91. The molecule has 200 valence electrons. The number of fused-ring (bicyclic) bond motifs is 6. The van der Waals surface area contributed by atoms with E-state index in [4.69, 9.17) is 26.3 Å². The molecule has 1 heterocycles. The summed E-state index contributed by atoms with van der Waals surface area (Å²) in [5.41, 5.74) is -3.27. The van der Waals surface area contributed by atoms with Crippen LogP contribution in [-0.4, -0.2) is 0 Å². The topological polar surface area (TPSA) is 13.1 Å². The molecular weight excluding hydrogens is 520 g/mol. The van der Waals surface area contributed by atoms with E-state index in [9.17, 15) is 9.60 Å². The Labute approximate surface area is 281 Å². The van der Waals surface area contributed by atoms with Crippen molar-refractivity contribution in [1.29, 1.82) is 0 Å². The fourth-order valence-corrected chi connectivity index (χ4v) is 5.31. The van der Waals surface area contributed by atoms with E-state index < -0.39 is 194 Å². The van der Waals surface area contributed by atoms with Crippen molar-refractivity contribution in [3.05, 3.63) is 157 Å². The zero-order chi connectivity index (χ0) is 48.3. The van der Waals surface area contributed by atoms with Crippen LogP contribution in [0.25, 0.3) is 87.6 Å². The lowest BCUT2D eigenvalue weighted by molar-refractivity contribution is 0.669. The molecule has 0 spiro atoms. The molecule has 1 heteroatoms. The van der Waals surface area contributed by atoms with Gasteiger partial charge in [0.25, 0.3) is 0 Å². The van der Waals surface area contributed by atoms with Crippen molar-refractivity contribution in [3.63, 3.8) is 0 Å². The predicted molar refractivity (Wildman–Crippen MR) is 183 cm³/mol. The predicted octanol–water partition coefficient (Wildman–Crippen LogP) is 12.0. The van der Waals surface area contributed by atoms with Crippen LogP contribution in [0.2, 0.25) is 0 Å². The second-order valence-electron chi connectivity index (χ2n) is 9.52. The second kappa shape index (κ2) is 9.44. The third-order valence-corrected chi connectivity index (χ3v) is 7.15. The van der Waals surface area contributed by atoms with Gasteiger partial charge < -0.3 is 4.42 Å². The smallest absolute Gasteiger partial charge is 0.136 e. The fraction of sp³-hybridized carbons (Fsp3) is 0. The van der Waals surface area contributed by atoms with Gasteiger partial charge in [0.05, 0.1) is 31.5 Å². The van der Waals surface area contributed by atoms with Crippen LogP contribution < -0.4 is 0 Å². The molecule has 0 radical (unpaired) electrons. The van der Waals surface area contributed by atoms with Crippen molar-refractivity contribution in [3.8, 4) is 33.4 Å². The Morgan fingerprint density at radius 1 is 0.372 bits per heavy atom. The molecule has 0 amide bonds. The van der Waals surface area contributed by atoms with Gasteiger partial charge in [-0.05, 0) is 96.0 Å². The number of benzene rings is 8. The van der Waals surface area contributed by atoms with E-state index >= 15 is 0 Å². The third-order valence-electron chi connectivity index (χ3n) is 7.15. The van der Waals surface area contributed by atoms with E-state index in [-0.39, 0.29) is 33.1 Å². The first-order chi connectivity index (χ1) is 30.9. The maximum absolute atomic E-state index is 9.70. The summed E-state index contributed by atoms with van der Waals surface area (Å²) in [5.74, 6) is 0. The molecule has 0 N–H and O–H groups in total. The molecule has 0 bridgehead atoms. The Balaban J connectivity index is 1.52. The van der Waals surface area contributed by atoms with Crippen molar-refractivity contribution in [2.75, 3.05) is 0 Å². The number of furan rings is 1. The SMILES string of the molecule is [2H]c1c([2H])c(-c2c([2H])c([2H])c3c([2H])c([2H])c([2H])c([2H])c3c2[2H])c([2H])c(-c2c3c([2H])c([2H])c([2H])c([2H])c3c(-c3ccc4c(c3)oc3c([2H])c([2H])c([2H])c([2H])c34)c3c([2H])c([2H])c([2H])c([2H])c23)c1[2H]. The highest BCUT2D eigenvalue weighted by Gasteiger charge is 2.18. The minimum absolute atomic E-state index is 0.00962. The average Bonchev–Trinajstić information content (AvgIpc) is 3.68. The summed E-state index contributed by atoms with van der Waals surface area (Å²) in [7, 11) is 0. The number of hydrogen-bond acceptors (Lipinski definition) is 1. The summed E-state index contributed by atoms with van der Waals surface area (Å²) in [5, 5.41) is -2.69. The lowest BCUT2D eigenvalue weighted by atomic mass is 9.85. The zero-order valence-corrected chi connectivity index (χ0v) is 21.6. The fourth-order valence-electron chi connectivity index (χ4n) is 5.31. The van der Waals surface area contributed by atoms with Gasteiger partial charge in [-0.25, -0.2) is 0 Å². The molecule has 0 aliphatic carbocycles. The Morgan fingerprint density at radius 3 is 1.70 bits per heavy atom. The first-order valence-corrected chi connectivity index (χ1v) is 12.9. The van der Waals surface area contributed by atoms with Crippen molar-refractivity contribution in [2.45, 2.75) is 0 Å². The molecule has 43 heavy (non-hydrogen) atoms. The van der Waals surface area contributed by atoms with Gasteiger partial charge in [0, 0.05) is 10.8 Å². The number of para-hydroxylation sites is 1. The summed E-state index contributed by atoms with van der Waals surface area (Å²) in [6, 6.07) is -13.8. The van der Waals surface area contributed by atoms with Crippen LogP contribution in [0.1, 0.15) is 31.5 Å². The van der Waals surface area contributed by atoms with Gasteiger partial charge in [0.15, 0.2) is 0 Å². The summed E-state index contributed by atoms with van der Waals surface area (Å²) in [4.78, 5) is 0. The monoisotopic (exact) mass is 569 g/mol. The van der Waals surface area contributed by atoms with Crippen LogP contribution in [0.3, 0.4) is 0 Å². The molecule has 0 aliphatic heterocycles. The highest BCUT2D eigenvalue weighted by molar-refractivity contribution is 6.22. The Hall–Kier alpha value is -5.66. The molecule has 0 atom stereocenters. The lowest BCUT2D eigenvalue weighted by Gasteiger charge is -2.18. The molecule has 9 rings (SSSR count). The first kappa shape index (κ1) is 10.6. The molecule has 0 saturated heterocycles. The standard InChI is InChI=1S/C42H26O/c1-2-11-28-24-30(21-20-27(28)10-1)29-12-9-13-31(25-29)41-35-15-3-5-17-37(35)42(38-18-6-4-16-36(38)41)32-22-23-34-33-14-7-8-19-39(33)43-40(34)26-32/h1-26H/i1D,2D,3D,4D,5D,6D,7D,8D,9D,10D,11D,12D,13D,14D,15D,16D,17D,18D,19D,20D,21D,24D,25D. The van der Waals surface area contributed by atoms with E-state index in [1.165, 1.54) is 18.2 Å². The highest BCUT2D eigenvalue weighted by Crippen LogP contribution is 2.45. The van der Waals surface area contributed by atoms with Crippen molar-refractivity contribution >= 4 is 54.3 Å². The van der Waals surface area contributed by atoms with E-state index in [0.29, 0.717) is 0 Å². The van der Waals surface area contributed by atoms with Gasteiger partial charge in [-0.2, -0.15) is 0 Å². The van der Waals surface area contributed by atoms with Gasteiger partial charge in [-0.1, -0.05) is 127 Å². The van der Waals surface area contributed by atoms with Gasteiger partial charge in [-0.15, -0.1) is 0 Å². The molecule has 8 aromatic carbocycles. The van der Waals surface area contributed by atoms with E-state index in [2.05, 4.69) is 0 Å². The normalized spacial score (nSPS) is 19.2. The minimum atomic E-state index is -0.979.